The van der Waals surface area contributed by atoms with Gasteiger partial charge < -0.3 is 11.1 Å². The minimum absolute atomic E-state index is 0.677. The first kappa shape index (κ1) is 14.3. The quantitative estimate of drug-likeness (QED) is 0.787. The number of nitrogens with one attached hydrogen (secondary N) is 1. The van der Waals surface area contributed by atoms with Crippen LogP contribution in [0.1, 0.15) is 51.9 Å². The van der Waals surface area contributed by atoms with Gasteiger partial charge >= 0.3 is 0 Å². The third-order valence-electron chi connectivity index (χ3n) is 4.90. The van der Waals surface area contributed by atoms with Crippen molar-refractivity contribution in [1.82, 2.24) is 10.2 Å². The van der Waals surface area contributed by atoms with Gasteiger partial charge in [0.15, 0.2) is 0 Å². The second-order valence-electron chi connectivity index (χ2n) is 6.24. The smallest absolute Gasteiger partial charge is 0.0192 e. The lowest BCUT2D eigenvalue weighted by molar-refractivity contribution is 0.159. The summed E-state index contributed by atoms with van der Waals surface area (Å²) in [6.07, 6.45) is 9.61. The summed E-state index contributed by atoms with van der Waals surface area (Å²) in [5.74, 6) is 0.715. The lowest BCUT2D eigenvalue weighted by Crippen LogP contribution is -2.49. The molecule has 2 aliphatic rings. The molecular formula is C15H31N3. The molecule has 2 rings (SSSR count). The maximum atomic E-state index is 5.89. The molecule has 1 saturated heterocycles. The summed E-state index contributed by atoms with van der Waals surface area (Å²) in [5, 5.41) is 3.80. The highest BCUT2D eigenvalue weighted by atomic mass is 15.2. The molecule has 3 nitrogen and oxygen atoms in total. The molecule has 1 aliphatic carbocycles. The molecule has 0 spiro atoms. The summed E-state index contributed by atoms with van der Waals surface area (Å²) in [4.78, 5) is 2.65. The molecular weight excluding hydrogens is 222 g/mol. The van der Waals surface area contributed by atoms with Crippen molar-refractivity contribution in [2.75, 3.05) is 26.2 Å². The predicted molar refractivity (Wildman–Crippen MR) is 77.7 cm³/mol. The lowest BCUT2D eigenvalue weighted by Gasteiger charge is -2.36. The Morgan fingerprint density at radius 3 is 2.56 bits per heavy atom. The van der Waals surface area contributed by atoms with E-state index in [-0.39, 0.29) is 0 Å². The van der Waals surface area contributed by atoms with Gasteiger partial charge in [-0.2, -0.15) is 0 Å². The molecule has 0 aromatic carbocycles. The third kappa shape index (κ3) is 3.94. The van der Waals surface area contributed by atoms with Gasteiger partial charge in [0.1, 0.15) is 0 Å². The Kier molecular flexibility index (Phi) is 5.93. The number of rotatable bonds is 5. The fraction of sp³-hybridized carbons (Fsp3) is 1.00. The Labute approximate surface area is 112 Å². The van der Waals surface area contributed by atoms with Gasteiger partial charge in [0, 0.05) is 18.6 Å². The molecule has 2 fully saturated rings. The Morgan fingerprint density at radius 2 is 1.83 bits per heavy atom. The van der Waals surface area contributed by atoms with Crippen LogP contribution < -0.4 is 11.1 Å². The van der Waals surface area contributed by atoms with Crippen molar-refractivity contribution in [3.05, 3.63) is 0 Å². The van der Waals surface area contributed by atoms with Crippen LogP contribution in [0.4, 0.5) is 0 Å². The molecule has 1 heterocycles. The Morgan fingerprint density at radius 1 is 1.11 bits per heavy atom. The molecule has 0 aromatic heterocycles. The Balaban J connectivity index is 1.71. The number of nitrogens with zero attached hydrogens (tertiary/aromatic N) is 1. The second-order valence-corrected chi connectivity index (χ2v) is 6.24. The summed E-state index contributed by atoms with van der Waals surface area (Å²) in [7, 11) is 0. The molecule has 1 saturated carbocycles. The zero-order chi connectivity index (χ0) is 12.8. The van der Waals surface area contributed by atoms with Crippen molar-refractivity contribution in [2.45, 2.75) is 64.0 Å². The molecule has 106 valence electrons. The van der Waals surface area contributed by atoms with Crippen LogP contribution in [-0.2, 0) is 0 Å². The molecule has 0 amide bonds. The summed E-state index contributed by atoms with van der Waals surface area (Å²) in [6, 6.07) is 1.36. The number of hydrogen-bond donors (Lipinski definition) is 2. The van der Waals surface area contributed by atoms with E-state index >= 15 is 0 Å². The van der Waals surface area contributed by atoms with Gasteiger partial charge in [-0.25, -0.2) is 0 Å². The average molecular weight is 253 g/mol. The first-order valence-electron chi connectivity index (χ1n) is 7.98. The number of likely N-dealkylation sites (tertiary alicyclic amines) is 1. The van der Waals surface area contributed by atoms with Gasteiger partial charge in [-0.3, -0.25) is 4.90 Å². The summed E-state index contributed by atoms with van der Waals surface area (Å²) >= 11 is 0. The SMILES string of the molecule is CC(CNC1CCCCC1CN)N1CCCCC1. The van der Waals surface area contributed by atoms with Gasteiger partial charge in [0.25, 0.3) is 0 Å². The van der Waals surface area contributed by atoms with Gasteiger partial charge in [-0.05, 0) is 58.2 Å². The van der Waals surface area contributed by atoms with E-state index in [1.807, 2.05) is 0 Å². The minimum Gasteiger partial charge on any atom is -0.330 e. The van der Waals surface area contributed by atoms with Crippen LogP contribution in [0.15, 0.2) is 0 Å². The van der Waals surface area contributed by atoms with E-state index < -0.39 is 0 Å². The van der Waals surface area contributed by atoms with E-state index in [9.17, 15) is 0 Å². The van der Waals surface area contributed by atoms with E-state index in [0.29, 0.717) is 18.0 Å². The first-order valence-corrected chi connectivity index (χ1v) is 7.98. The monoisotopic (exact) mass is 253 g/mol. The van der Waals surface area contributed by atoms with Crippen molar-refractivity contribution in [1.29, 1.82) is 0 Å². The van der Waals surface area contributed by atoms with E-state index in [0.717, 1.165) is 13.1 Å². The molecule has 3 heteroatoms. The minimum atomic E-state index is 0.677. The van der Waals surface area contributed by atoms with E-state index in [1.54, 1.807) is 0 Å². The maximum absolute atomic E-state index is 5.89. The second kappa shape index (κ2) is 7.46. The van der Waals surface area contributed by atoms with E-state index in [2.05, 4.69) is 17.1 Å². The molecule has 0 radical (unpaired) electrons. The fourth-order valence-corrected chi connectivity index (χ4v) is 3.57. The molecule has 3 N–H and O–H groups in total. The van der Waals surface area contributed by atoms with Crippen molar-refractivity contribution in [2.24, 2.45) is 11.7 Å². The first-order chi connectivity index (χ1) is 8.81. The summed E-state index contributed by atoms with van der Waals surface area (Å²) < 4.78 is 0. The van der Waals surface area contributed by atoms with Crippen molar-refractivity contribution < 1.29 is 0 Å². The van der Waals surface area contributed by atoms with Crippen LogP contribution in [0.3, 0.4) is 0 Å². The van der Waals surface area contributed by atoms with Crippen LogP contribution in [0.25, 0.3) is 0 Å². The maximum Gasteiger partial charge on any atom is 0.0192 e. The Hall–Kier alpha value is -0.120. The molecule has 3 atom stereocenters. The van der Waals surface area contributed by atoms with Gasteiger partial charge in [0.05, 0.1) is 0 Å². The molecule has 1 aliphatic heterocycles. The summed E-state index contributed by atoms with van der Waals surface area (Å²) in [5.41, 5.74) is 5.89. The number of hydrogen-bond acceptors (Lipinski definition) is 3. The van der Waals surface area contributed by atoms with Crippen LogP contribution in [0.2, 0.25) is 0 Å². The molecule has 18 heavy (non-hydrogen) atoms. The van der Waals surface area contributed by atoms with Crippen LogP contribution in [0.5, 0.6) is 0 Å². The zero-order valence-electron chi connectivity index (χ0n) is 12.0. The lowest BCUT2D eigenvalue weighted by atomic mass is 9.84. The molecule has 0 bridgehead atoms. The Bertz CT molecular complexity index is 226. The number of piperidine rings is 1. The van der Waals surface area contributed by atoms with E-state index in [4.69, 9.17) is 5.73 Å². The zero-order valence-corrected chi connectivity index (χ0v) is 12.0. The van der Waals surface area contributed by atoms with Gasteiger partial charge in [-0.1, -0.05) is 19.3 Å². The highest BCUT2D eigenvalue weighted by Gasteiger charge is 2.24. The van der Waals surface area contributed by atoms with Gasteiger partial charge in [0.2, 0.25) is 0 Å². The normalized spacial score (nSPS) is 32.3. The van der Waals surface area contributed by atoms with Crippen molar-refractivity contribution in [3.8, 4) is 0 Å². The van der Waals surface area contributed by atoms with E-state index in [1.165, 1.54) is 58.0 Å². The number of nitrogens with two attached hydrogens (primary N) is 1. The van der Waals surface area contributed by atoms with Crippen molar-refractivity contribution in [3.63, 3.8) is 0 Å². The molecule has 0 aromatic rings. The van der Waals surface area contributed by atoms with Crippen LogP contribution in [-0.4, -0.2) is 43.2 Å². The topological polar surface area (TPSA) is 41.3 Å². The predicted octanol–water partition coefficient (Wildman–Crippen LogP) is 1.97. The van der Waals surface area contributed by atoms with Gasteiger partial charge in [-0.15, -0.1) is 0 Å². The average Bonchev–Trinajstić information content (AvgIpc) is 2.46. The highest BCUT2D eigenvalue weighted by Crippen LogP contribution is 2.23. The standard InChI is InChI=1S/C15H31N3/c1-13(18-9-5-2-6-10-18)12-17-15-8-4-3-7-14(15)11-16/h13-15,17H,2-12,16H2,1H3. The summed E-state index contributed by atoms with van der Waals surface area (Å²) in [6.45, 7) is 6.97. The highest BCUT2D eigenvalue weighted by molar-refractivity contribution is 4.83. The van der Waals surface area contributed by atoms with Crippen LogP contribution >= 0.6 is 0 Å². The fourth-order valence-electron chi connectivity index (χ4n) is 3.57. The largest absolute Gasteiger partial charge is 0.330 e. The third-order valence-corrected chi connectivity index (χ3v) is 4.90. The van der Waals surface area contributed by atoms with Crippen molar-refractivity contribution >= 4 is 0 Å². The van der Waals surface area contributed by atoms with Crippen LogP contribution in [0, 0.1) is 5.92 Å². The molecule has 3 unspecified atom stereocenters.